The van der Waals surface area contributed by atoms with Crippen molar-refractivity contribution in [1.29, 1.82) is 0 Å². The topological polar surface area (TPSA) is 95.6 Å². The van der Waals surface area contributed by atoms with Gasteiger partial charge in [0, 0.05) is 41.3 Å². The molecular formula is C24H25N3O4S2. The molecule has 3 aromatic rings. The Morgan fingerprint density at radius 3 is 2.58 bits per heavy atom. The van der Waals surface area contributed by atoms with Crippen LogP contribution in [0.2, 0.25) is 0 Å². The van der Waals surface area contributed by atoms with Gasteiger partial charge in [0.25, 0.3) is 5.91 Å². The second kappa shape index (κ2) is 10.3. The Morgan fingerprint density at radius 2 is 1.85 bits per heavy atom. The Labute approximate surface area is 197 Å². The fraction of sp³-hybridized carbons (Fsp3) is 0.250. The number of carbonyl (C=O) groups excluding carboxylic acids is 2. The van der Waals surface area contributed by atoms with Crippen LogP contribution in [0.3, 0.4) is 0 Å². The van der Waals surface area contributed by atoms with Crippen LogP contribution in [0, 0.1) is 0 Å². The highest BCUT2D eigenvalue weighted by atomic mass is 32.2. The van der Waals surface area contributed by atoms with Gasteiger partial charge in [0.1, 0.15) is 0 Å². The molecular weight excluding hydrogens is 458 g/mol. The highest BCUT2D eigenvalue weighted by Gasteiger charge is 2.20. The number of hydrogen-bond donors (Lipinski definition) is 2. The molecule has 0 radical (unpaired) electrons. The van der Waals surface area contributed by atoms with Gasteiger partial charge in [-0.05, 0) is 73.2 Å². The van der Waals surface area contributed by atoms with E-state index in [2.05, 4.69) is 10.0 Å². The van der Waals surface area contributed by atoms with E-state index in [9.17, 15) is 18.0 Å². The smallest absolute Gasteiger partial charge is 0.255 e. The third-order valence-electron chi connectivity index (χ3n) is 5.41. The SMILES string of the molecule is O=C(Nc1cccc(N2CCCCC2=O)c1)c1ccc(S(=O)(=O)NCCc2cccs2)cc1. The Balaban J connectivity index is 1.38. The maximum absolute atomic E-state index is 12.7. The van der Waals surface area contributed by atoms with Crippen LogP contribution >= 0.6 is 11.3 Å². The zero-order chi connectivity index (χ0) is 23.3. The van der Waals surface area contributed by atoms with E-state index in [-0.39, 0.29) is 16.7 Å². The van der Waals surface area contributed by atoms with E-state index < -0.39 is 10.0 Å². The Kier molecular flexibility index (Phi) is 7.22. The van der Waals surface area contributed by atoms with Crippen LogP contribution in [-0.4, -0.2) is 33.3 Å². The summed E-state index contributed by atoms with van der Waals surface area (Å²) in [5.74, 6) is -0.266. The van der Waals surface area contributed by atoms with Crippen molar-refractivity contribution in [3.8, 4) is 0 Å². The minimum Gasteiger partial charge on any atom is -0.322 e. The van der Waals surface area contributed by atoms with Crippen molar-refractivity contribution in [3.63, 3.8) is 0 Å². The first-order valence-corrected chi connectivity index (χ1v) is 13.1. The number of piperidine rings is 1. The molecule has 1 aliphatic heterocycles. The van der Waals surface area contributed by atoms with E-state index in [0.29, 0.717) is 37.2 Å². The Morgan fingerprint density at radius 1 is 1.03 bits per heavy atom. The van der Waals surface area contributed by atoms with E-state index in [4.69, 9.17) is 0 Å². The average Bonchev–Trinajstić information content (AvgIpc) is 3.33. The lowest BCUT2D eigenvalue weighted by Crippen LogP contribution is -2.35. The van der Waals surface area contributed by atoms with Gasteiger partial charge in [-0.3, -0.25) is 9.59 Å². The molecule has 172 valence electrons. The van der Waals surface area contributed by atoms with Crippen molar-refractivity contribution >= 4 is 44.5 Å². The summed E-state index contributed by atoms with van der Waals surface area (Å²) >= 11 is 1.59. The predicted molar refractivity (Wildman–Crippen MR) is 130 cm³/mol. The maximum Gasteiger partial charge on any atom is 0.255 e. The normalized spacial score (nSPS) is 14.3. The largest absolute Gasteiger partial charge is 0.322 e. The van der Waals surface area contributed by atoms with Gasteiger partial charge in [0.15, 0.2) is 0 Å². The molecule has 9 heteroatoms. The van der Waals surface area contributed by atoms with Gasteiger partial charge in [0.05, 0.1) is 4.90 Å². The maximum atomic E-state index is 12.7. The number of nitrogens with zero attached hydrogens (tertiary/aromatic N) is 1. The highest BCUT2D eigenvalue weighted by Crippen LogP contribution is 2.24. The van der Waals surface area contributed by atoms with Crippen LogP contribution in [0.5, 0.6) is 0 Å². The molecule has 0 bridgehead atoms. The molecule has 0 spiro atoms. The number of amides is 2. The van der Waals surface area contributed by atoms with Gasteiger partial charge < -0.3 is 10.2 Å². The van der Waals surface area contributed by atoms with Crippen molar-refractivity contribution in [2.24, 2.45) is 0 Å². The molecule has 1 fully saturated rings. The summed E-state index contributed by atoms with van der Waals surface area (Å²) in [7, 11) is -3.65. The highest BCUT2D eigenvalue weighted by molar-refractivity contribution is 7.89. The van der Waals surface area contributed by atoms with Crippen LogP contribution in [0.1, 0.15) is 34.5 Å². The Bertz CT molecular complexity index is 1220. The molecule has 1 saturated heterocycles. The van der Waals surface area contributed by atoms with Gasteiger partial charge in [-0.25, -0.2) is 13.1 Å². The van der Waals surface area contributed by atoms with Crippen LogP contribution in [0.15, 0.2) is 70.9 Å². The lowest BCUT2D eigenvalue weighted by Gasteiger charge is -2.27. The molecule has 0 unspecified atom stereocenters. The van der Waals surface area contributed by atoms with E-state index in [1.165, 1.54) is 24.3 Å². The Hall–Kier alpha value is -3.01. The monoisotopic (exact) mass is 483 g/mol. The fourth-order valence-electron chi connectivity index (χ4n) is 3.67. The van der Waals surface area contributed by atoms with Crippen molar-refractivity contribution < 1.29 is 18.0 Å². The van der Waals surface area contributed by atoms with Crippen molar-refractivity contribution in [2.75, 3.05) is 23.3 Å². The molecule has 2 heterocycles. The number of sulfonamides is 1. The minimum absolute atomic E-state index is 0.0884. The molecule has 0 aliphatic carbocycles. The number of benzene rings is 2. The minimum atomic E-state index is -3.65. The van der Waals surface area contributed by atoms with Crippen molar-refractivity contribution in [1.82, 2.24) is 4.72 Å². The zero-order valence-corrected chi connectivity index (χ0v) is 19.6. The lowest BCUT2D eigenvalue weighted by atomic mass is 10.1. The summed E-state index contributed by atoms with van der Waals surface area (Å²) in [6, 6.07) is 16.9. The number of thiophene rings is 1. The molecule has 2 aromatic carbocycles. The standard InChI is InChI=1S/C24H25N3O4S2/c28-23-8-1-2-15-27(23)20-6-3-5-19(17-20)26-24(29)18-9-11-22(12-10-18)33(30,31)25-14-13-21-7-4-16-32-21/h3-7,9-12,16-17,25H,1-2,8,13-15H2,(H,26,29). The van der Waals surface area contributed by atoms with Gasteiger partial charge in [-0.2, -0.15) is 0 Å². The number of rotatable bonds is 8. The van der Waals surface area contributed by atoms with Gasteiger partial charge in [-0.15, -0.1) is 11.3 Å². The summed E-state index contributed by atoms with van der Waals surface area (Å²) < 4.78 is 27.6. The number of hydrogen-bond acceptors (Lipinski definition) is 5. The molecule has 7 nitrogen and oxygen atoms in total. The molecule has 1 aromatic heterocycles. The molecule has 4 rings (SSSR count). The molecule has 0 saturated carbocycles. The third kappa shape index (κ3) is 5.87. The summed E-state index contributed by atoms with van der Waals surface area (Å²) in [5.41, 5.74) is 1.67. The third-order valence-corrected chi connectivity index (χ3v) is 7.82. The summed E-state index contributed by atoms with van der Waals surface area (Å²) in [4.78, 5) is 27.8. The molecule has 1 aliphatic rings. The van der Waals surface area contributed by atoms with Crippen LogP contribution in [-0.2, 0) is 21.2 Å². The summed E-state index contributed by atoms with van der Waals surface area (Å²) in [5, 5.41) is 4.78. The second-order valence-electron chi connectivity index (χ2n) is 7.76. The number of nitrogens with one attached hydrogen (secondary N) is 2. The van der Waals surface area contributed by atoms with Crippen LogP contribution < -0.4 is 14.9 Å². The van der Waals surface area contributed by atoms with E-state index >= 15 is 0 Å². The van der Waals surface area contributed by atoms with Crippen molar-refractivity contribution in [2.45, 2.75) is 30.6 Å². The van der Waals surface area contributed by atoms with Gasteiger partial charge in [-0.1, -0.05) is 12.1 Å². The lowest BCUT2D eigenvalue weighted by molar-refractivity contribution is -0.119. The molecule has 33 heavy (non-hydrogen) atoms. The van der Waals surface area contributed by atoms with E-state index in [1.807, 2.05) is 23.6 Å². The first-order chi connectivity index (χ1) is 15.9. The van der Waals surface area contributed by atoms with E-state index in [1.54, 1.807) is 34.4 Å². The number of carbonyl (C=O) groups is 2. The van der Waals surface area contributed by atoms with Gasteiger partial charge >= 0.3 is 0 Å². The van der Waals surface area contributed by atoms with Gasteiger partial charge in [0.2, 0.25) is 15.9 Å². The van der Waals surface area contributed by atoms with Crippen molar-refractivity contribution in [3.05, 3.63) is 76.5 Å². The second-order valence-corrected chi connectivity index (χ2v) is 10.6. The number of anilines is 2. The quantitative estimate of drug-likeness (QED) is 0.506. The van der Waals surface area contributed by atoms with Crippen LogP contribution in [0.25, 0.3) is 0 Å². The summed E-state index contributed by atoms with van der Waals surface area (Å²) in [6.07, 6.45) is 3.02. The first kappa shape index (κ1) is 23.2. The summed E-state index contributed by atoms with van der Waals surface area (Å²) in [6.45, 7) is 0.981. The molecule has 2 amide bonds. The fourth-order valence-corrected chi connectivity index (χ4v) is 5.41. The zero-order valence-electron chi connectivity index (χ0n) is 18.0. The van der Waals surface area contributed by atoms with Crippen LogP contribution in [0.4, 0.5) is 11.4 Å². The first-order valence-electron chi connectivity index (χ1n) is 10.8. The molecule has 0 atom stereocenters. The predicted octanol–water partition coefficient (Wildman–Crippen LogP) is 4.04. The molecule has 2 N–H and O–H groups in total. The van der Waals surface area contributed by atoms with E-state index in [0.717, 1.165) is 23.4 Å². The average molecular weight is 484 g/mol.